The van der Waals surface area contributed by atoms with Crippen LogP contribution in [0.3, 0.4) is 0 Å². The monoisotopic (exact) mass is 330 g/mol. The fourth-order valence-corrected chi connectivity index (χ4v) is 1.51. The summed E-state index contributed by atoms with van der Waals surface area (Å²) in [6, 6.07) is 19.2. The van der Waals surface area contributed by atoms with Gasteiger partial charge in [-0.25, -0.2) is 0 Å². The Morgan fingerprint density at radius 1 is 0.842 bits per heavy atom. The van der Waals surface area contributed by atoms with Crippen LogP contribution in [0.15, 0.2) is 60.7 Å². The molecule has 2 rings (SSSR count). The van der Waals surface area contributed by atoms with Crippen LogP contribution in [0.2, 0.25) is 0 Å². The molecule has 0 saturated carbocycles. The first-order valence-corrected chi connectivity index (χ1v) is 5.98. The molecule has 1 radical (unpaired) electrons. The van der Waals surface area contributed by atoms with E-state index in [0.717, 1.165) is 11.1 Å². The van der Waals surface area contributed by atoms with Crippen molar-refractivity contribution in [1.82, 2.24) is 0 Å². The Morgan fingerprint density at radius 3 is 1.74 bits per heavy atom. The Kier molecular flexibility index (Phi) is 13.2. The standard InChI is InChI=1S/C14H12O.C2H6.CH3.Y/c15-14(13-9-5-2-6-10-13)11-12-7-3-1-4-8-12;1-2;;/h1-10H,11H2;1-2H3;1H3;/q;;-1;. The molecule has 0 bridgehead atoms. The maximum absolute atomic E-state index is 11.8. The van der Waals surface area contributed by atoms with E-state index in [1.54, 1.807) is 0 Å². The van der Waals surface area contributed by atoms with Gasteiger partial charge in [0.05, 0.1) is 0 Å². The SMILES string of the molecule is CC.O=C(Cc1ccccc1)c1ccccc1.[CH3-].[Y]. The molecule has 19 heavy (non-hydrogen) atoms. The van der Waals surface area contributed by atoms with Crippen LogP contribution < -0.4 is 0 Å². The van der Waals surface area contributed by atoms with Crippen molar-refractivity contribution in [2.75, 3.05) is 0 Å². The van der Waals surface area contributed by atoms with Gasteiger partial charge < -0.3 is 7.43 Å². The maximum Gasteiger partial charge on any atom is 0.167 e. The summed E-state index contributed by atoms with van der Waals surface area (Å²) in [5.74, 6) is 0.168. The molecule has 0 fully saturated rings. The molecule has 0 amide bonds. The van der Waals surface area contributed by atoms with Crippen molar-refractivity contribution >= 4 is 5.78 Å². The van der Waals surface area contributed by atoms with Gasteiger partial charge in [0.2, 0.25) is 0 Å². The Bertz CT molecular complexity index is 437. The van der Waals surface area contributed by atoms with Crippen LogP contribution in [0.4, 0.5) is 0 Å². The average molecular weight is 330 g/mol. The van der Waals surface area contributed by atoms with Crippen LogP contribution in [0.5, 0.6) is 0 Å². The molecule has 0 aromatic heterocycles. The van der Waals surface area contributed by atoms with Crippen LogP contribution >= 0.6 is 0 Å². The van der Waals surface area contributed by atoms with E-state index in [2.05, 4.69) is 0 Å². The third-order valence-corrected chi connectivity index (χ3v) is 2.30. The summed E-state index contributed by atoms with van der Waals surface area (Å²) in [7, 11) is 0. The normalized spacial score (nSPS) is 8.11. The number of hydrogen-bond donors (Lipinski definition) is 0. The Balaban J connectivity index is 0. The van der Waals surface area contributed by atoms with Crippen LogP contribution in [-0.2, 0) is 39.1 Å². The summed E-state index contributed by atoms with van der Waals surface area (Å²) in [5.41, 5.74) is 1.84. The molecular weight excluding hydrogens is 309 g/mol. The zero-order valence-electron chi connectivity index (χ0n) is 12.0. The van der Waals surface area contributed by atoms with Gasteiger partial charge in [-0.1, -0.05) is 74.5 Å². The van der Waals surface area contributed by atoms with Gasteiger partial charge in [0, 0.05) is 44.7 Å². The summed E-state index contributed by atoms with van der Waals surface area (Å²) in [6.07, 6.45) is 0.477. The molecule has 0 unspecified atom stereocenters. The summed E-state index contributed by atoms with van der Waals surface area (Å²) >= 11 is 0. The van der Waals surface area contributed by atoms with Crippen molar-refractivity contribution in [1.29, 1.82) is 0 Å². The smallest absolute Gasteiger partial charge is 0.167 e. The molecular formula is C17H21OY-. The summed E-state index contributed by atoms with van der Waals surface area (Å²) in [5, 5.41) is 0. The molecule has 2 aromatic rings. The number of rotatable bonds is 3. The van der Waals surface area contributed by atoms with Crippen molar-refractivity contribution in [3.05, 3.63) is 79.2 Å². The first kappa shape index (κ1) is 20.5. The number of hydrogen-bond acceptors (Lipinski definition) is 1. The molecule has 2 heteroatoms. The number of benzene rings is 2. The Hall–Kier alpha value is -0.786. The zero-order valence-corrected chi connectivity index (χ0v) is 14.8. The minimum Gasteiger partial charge on any atom is -0.358 e. The van der Waals surface area contributed by atoms with Crippen LogP contribution in [0, 0.1) is 7.43 Å². The fourth-order valence-electron chi connectivity index (χ4n) is 1.51. The van der Waals surface area contributed by atoms with Gasteiger partial charge >= 0.3 is 0 Å². The predicted molar refractivity (Wildman–Crippen MR) is 78.7 cm³/mol. The van der Waals surface area contributed by atoms with Gasteiger partial charge in [-0.3, -0.25) is 4.79 Å². The van der Waals surface area contributed by atoms with Gasteiger partial charge in [0.25, 0.3) is 0 Å². The minimum atomic E-state index is 0. The maximum atomic E-state index is 11.8. The molecule has 0 aliphatic rings. The predicted octanol–water partition coefficient (Wildman–Crippen LogP) is 4.59. The topological polar surface area (TPSA) is 17.1 Å². The van der Waals surface area contributed by atoms with Gasteiger partial charge in [-0.15, -0.1) is 0 Å². The van der Waals surface area contributed by atoms with Gasteiger partial charge in [-0.2, -0.15) is 0 Å². The molecule has 0 N–H and O–H groups in total. The quantitative estimate of drug-likeness (QED) is 0.594. The molecule has 2 aromatic carbocycles. The van der Waals surface area contributed by atoms with Crippen molar-refractivity contribution in [3.63, 3.8) is 0 Å². The second-order valence-corrected chi connectivity index (χ2v) is 3.45. The molecule has 0 aliphatic carbocycles. The molecule has 0 saturated heterocycles. The number of carbonyl (C=O) groups is 1. The first-order valence-electron chi connectivity index (χ1n) is 5.98. The Morgan fingerprint density at radius 2 is 1.26 bits per heavy atom. The third kappa shape index (κ3) is 7.39. The number of ketones is 1. The van der Waals surface area contributed by atoms with E-state index < -0.39 is 0 Å². The molecule has 0 heterocycles. The minimum absolute atomic E-state index is 0. The van der Waals surface area contributed by atoms with E-state index in [9.17, 15) is 4.79 Å². The van der Waals surface area contributed by atoms with Crippen molar-refractivity contribution in [2.24, 2.45) is 0 Å². The van der Waals surface area contributed by atoms with Crippen LogP contribution in [0.1, 0.15) is 29.8 Å². The van der Waals surface area contributed by atoms with Crippen molar-refractivity contribution in [2.45, 2.75) is 20.3 Å². The van der Waals surface area contributed by atoms with E-state index in [1.807, 2.05) is 74.5 Å². The van der Waals surface area contributed by atoms with E-state index in [1.165, 1.54) is 0 Å². The second-order valence-electron chi connectivity index (χ2n) is 3.45. The fraction of sp³-hybridized carbons (Fsp3) is 0.176. The first-order chi connectivity index (χ1) is 8.36. The van der Waals surface area contributed by atoms with Crippen molar-refractivity contribution < 1.29 is 37.5 Å². The van der Waals surface area contributed by atoms with E-state index >= 15 is 0 Å². The number of carbonyl (C=O) groups excluding carboxylic acids is 1. The number of Topliss-reactive ketones (excluding diaryl/α,β-unsaturated/α-hetero) is 1. The molecule has 0 atom stereocenters. The van der Waals surface area contributed by atoms with E-state index in [0.29, 0.717) is 6.42 Å². The second kappa shape index (κ2) is 12.3. The van der Waals surface area contributed by atoms with E-state index in [4.69, 9.17) is 0 Å². The molecule has 0 aliphatic heterocycles. The van der Waals surface area contributed by atoms with Gasteiger partial charge in [-0.05, 0) is 5.56 Å². The average Bonchev–Trinajstić information content (AvgIpc) is 2.43. The van der Waals surface area contributed by atoms with Gasteiger partial charge in [0.15, 0.2) is 5.78 Å². The van der Waals surface area contributed by atoms with Gasteiger partial charge in [0.1, 0.15) is 0 Å². The summed E-state index contributed by atoms with van der Waals surface area (Å²) < 4.78 is 0. The summed E-state index contributed by atoms with van der Waals surface area (Å²) in [4.78, 5) is 11.8. The van der Waals surface area contributed by atoms with Crippen LogP contribution in [-0.4, -0.2) is 5.78 Å². The largest absolute Gasteiger partial charge is 0.358 e. The van der Waals surface area contributed by atoms with Crippen LogP contribution in [0.25, 0.3) is 0 Å². The van der Waals surface area contributed by atoms with E-state index in [-0.39, 0.29) is 45.9 Å². The third-order valence-electron chi connectivity index (χ3n) is 2.30. The molecule has 0 spiro atoms. The molecule has 1 nitrogen and oxygen atoms in total. The van der Waals surface area contributed by atoms with Crippen molar-refractivity contribution in [3.8, 4) is 0 Å². The Labute approximate surface area is 142 Å². The zero-order chi connectivity index (χ0) is 12.5. The molecule has 99 valence electrons. The summed E-state index contributed by atoms with van der Waals surface area (Å²) in [6.45, 7) is 4.00.